The molecule has 26 heavy (non-hydrogen) atoms. The highest BCUT2D eigenvalue weighted by molar-refractivity contribution is 7.93. The summed E-state index contributed by atoms with van der Waals surface area (Å²) in [7, 11) is -3.64. The fraction of sp³-hybridized carbons (Fsp3) is 0.294. The van der Waals surface area contributed by atoms with Crippen LogP contribution in [0.25, 0.3) is 0 Å². The van der Waals surface area contributed by atoms with Gasteiger partial charge in [-0.05, 0) is 36.6 Å². The number of hydrogen-bond donors (Lipinski definition) is 2. The van der Waals surface area contributed by atoms with Crippen molar-refractivity contribution in [2.24, 2.45) is 0 Å². The summed E-state index contributed by atoms with van der Waals surface area (Å²) in [6.45, 7) is 8.48. The highest BCUT2D eigenvalue weighted by Gasteiger charge is 2.21. The molecule has 0 bridgehead atoms. The minimum Gasteiger partial charge on any atom is -0.332 e. The molecule has 2 N–H and O–H groups in total. The zero-order valence-corrected chi connectivity index (χ0v) is 17.3. The largest absolute Gasteiger partial charge is 0.332 e. The quantitative estimate of drug-likeness (QED) is 0.636. The maximum Gasteiger partial charge on any atom is 0.263 e. The van der Waals surface area contributed by atoms with E-state index in [1.165, 1.54) is 16.2 Å². The maximum atomic E-state index is 12.4. The highest BCUT2D eigenvalue weighted by Crippen LogP contribution is 2.34. The van der Waals surface area contributed by atoms with Gasteiger partial charge in [0, 0.05) is 22.1 Å². The van der Waals surface area contributed by atoms with Crippen molar-refractivity contribution >= 4 is 48.6 Å². The first kappa shape index (κ1) is 18.8. The van der Waals surface area contributed by atoms with Gasteiger partial charge in [0.15, 0.2) is 10.3 Å². The minimum atomic E-state index is -3.64. The van der Waals surface area contributed by atoms with E-state index in [2.05, 4.69) is 40.8 Å². The molecule has 0 spiro atoms. The van der Waals surface area contributed by atoms with Gasteiger partial charge >= 0.3 is 0 Å². The molecule has 2 aromatic heterocycles. The number of sulfonamides is 1. The fourth-order valence-electron chi connectivity index (χ4n) is 2.43. The van der Waals surface area contributed by atoms with Crippen molar-refractivity contribution in [3.8, 4) is 0 Å². The molecule has 9 heteroatoms. The summed E-state index contributed by atoms with van der Waals surface area (Å²) in [5.74, 6) is 0. The van der Waals surface area contributed by atoms with E-state index in [1.54, 1.807) is 47.2 Å². The van der Waals surface area contributed by atoms with Crippen LogP contribution >= 0.6 is 22.7 Å². The van der Waals surface area contributed by atoms with Crippen molar-refractivity contribution in [1.29, 1.82) is 0 Å². The van der Waals surface area contributed by atoms with E-state index in [1.807, 2.05) is 6.92 Å². The van der Waals surface area contributed by atoms with Gasteiger partial charge in [-0.1, -0.05) is 20.8 Å². The van der Waals surface area contributed by atoms with Crippen LogP contribution < -0.4 is 10.0 Å². The fourth-order valence-corrected chi connectivity index (χ4v) is 5.27. The summed E-state index contributed by atoms with van der Waals surface area (Å²) in [5.41, 5.74) is 1.84. The van der Waals surface area contributed by atoms with E-state index in [9.17, 15) is 8.42 Å². The number of rotatable bonds is 5. The second kappa shape index (κ2) is 6.98. The summed E-state index contributed by atoms with van der Waals surface area (Å²) >= 11 is 2.85. The van der Waals surface area contributed by atoms with Crippen molar-refractivity contribution in [3.63, 3.8) is 0 Å². The number of anilines is 3. The summed E-state index contributed by atoms with van der Waals surface area (Å²) in [6.07, 6.45) is 1.55. The van der Waals surface area contributed by atoms with E-state index in [-0.39, 0.29) is 10.3 Å². The molecule has 0 radical (unpaired) electrons. The minimum absolute atomic E-state index is 0.0428. The summed E-state index contributed by atoms with van der Waals surface area (Å²) in [6, 6.07) is 6.57. The average molecular weight is 409 g/mol. The molecule has 3 aromatic rings. The third kappa shape index (κ3) is 4.22. The summed E-state index contributed by atoms with van der Waals surface area (Å²) in [5, 5.41) is 6.10. The Morgan fingerprint density at radius 2 is 1.77 bits per heavy atom. The Kier molecular flexibility index (Phi) is 5.05. The third-order valence-corrected chi connectivity index (χ3v) is 7.22. The van der Waals surface area contributed by atoms with E-state index in [0.717, 1.165) is 16.5 Å². The van der Waals surface area contributed by atoms with Crippen LogP contribution in [0.4, 0.5) is 16.0 Å². The van der Waals surface area contributed by atoms with Gasteiger partial charge in [0.1, 0.15) is 0 Å². The first-order chi connectivity index (χ1) is 12.1. The van der Waals surface area contributed by atoms with Gasteiger partial charge < -0.3 is 5.32 Å². The van der Waals surface area contributed by atoms with Crippen molar-refractivity contribution < 1.29 is 8.42 Å². The predicted molar refractivity (Wildman–Crippen MR) is 108 cm³/mol. The van der Waals surface area contributed by atoms with Crippen molar-refractivity contribution in [1.82, 2.24) is 9.97 Å². The van der Waals surface area contributed by atoms with Gasteiger partial charge in [0.2, 0.25) is 0 Å². The SMILES string of the molecule is Cc1nc(Nc2ccc(S(=O)(=O)Nc3nccs3)cc2)sc1C(C)(C)C. The number of nitrogens with one attached hydrogen (secondary N) is 2. The molecule has 0 saturated carbocycles. The molecule has 0 saturated heterocycles. The molecule has 0 amide bonds. The second-order valence-corrected chi connectivity index (χ2v) is 10.4. The summed E-state index contributed by atoms with van der Waals surface area (Å²) in [4.78, 5) is 9.92. The van der Waals surface area contributed by atoms with Crippen molar-refractivity contribution in [2.75, 3.05) is 10.0 Å². The Balaban J connectivity index is 1.76. The van der Waals surface area contributed by atoms with Crippen LogP contribution in [-0.2, 0) is 15.4 Å². The van der Waals surface area contributed by atoms with Crippen LogP contribution in [0.3, 0.4) is 0 Å². The number of aromatic nitrogens is 2. The molecule has 0 aliphatic carbocycles. The van der Waals surface area contributed by atoms with Gasteiger partial charge in [0.25, 0.3) is 10.0 Å². The van der Waals surface area contributed by atoms with E-state index >= 15 is 0 Å². The van der Waals surface area contributed by atoms with Crippen LogP contribution in [-0.4, -0.2) is 18.4 Å². The normalized spacial score (nSPS) is 12.2. The Bertz CT molecular complexity index is 986. The lowest BCUT2D eigenvalue weighted by Gasteiger charge is -2.16. The molecule has 0 aliphatic heterocycles. The van der Waals surface area contributed by atoms with Crippen LogP contribution in [0.15, 0.2) is 40.7 Å². The Hall–Kier alpha value is -1.97. The van der Waals surface area contributed by atoms with Gasteiger partial charge in [-0.3, -0.25) is 4.72 Å². The maximum absolute atomic E-state index is 12.4. The number of nitrogens with zero attached hydrogens (tertiary/aromatic N) is 2. The van der Waals surface area contributed by atoms with Crippen molar-refractivity contribution in [3.05, 3.63) is 46.4 Å². The molecule has 6 nitrogen and oxygen atoms in total. The van der Waals surface area contributed by atoms with Crippen molar-refractivity contribution in [2.45, 2.75) is 38.0 Å². The van der Waals surface area contributed by atoms with Gasteiger partial charge in [0.05, 0.1) is 10.6 Å². The molecular weight excluding hydrogens is 388 g/mol. The van der Waals surface area contributed by atoms with Gasteiger partial charge in [-0.15, -0.1) is 22.7 Å². The predicted octanol–water partition coefficient (Wildman–Crippen LogP) is 4.75. The molecule has 0 fully saturated rings. The molecule has 3 rings (SSSR count). The molecule has 0 unspecified atom stereocenters. The zero-order valence-electron chi connectivity index (χ0n) is 14.9. The van der Waals surface area contributed by atoms with Crippen LogP contribution in [0.5, 0.6) is 0 Å². The number of hydrogen-bond acceptors (Lipinski definition) is 7. The molecule has 138 valence electrons. The topological polar surface area (TPSA) is 84.0 Å². The lowest BCUT2D eigenvalue weighted by atomic mass is 9.94. The van der Waals surface area contributed by atoms with Crippen LogP contribution in [0.2, 0.25) is 0 Å². The van der Waals surface area contributed by atoms with Gasteiger partial charge in [-0.25, -0.2) is 18.4 Å². The van der Waals surface area contributed by atoms with Crippen LogP contribution in [0.1, 0.15) is 31.3 Å². The molecule has 1 aromatic carbocycles. The van der Waals surface area contributed by atoms with Gasteiger partial charge in [-0.2, -0.15) is 0 Å². The Morgan fingerprint density at radius 3 is 2.31 bits per heavy atom. The number of thiazole rings is 2. The Labute approximate surface area is 161 Å². The highest BCUT2D eigenvalue weighted by atomic mass is 32.2. The van der Waals surface area contributed by atoms with E-state index in [4.69, 9.17) is 0 Å². The second-order valence-electron chi connectivity index (χ2n) is 6.78. The summed E-state index contributed by atoms with van der Waals surface area (Å²) < 4.78 is 27.2. The molecule has 0 aliphatic rings. The zero-order chi connectivity index (χ0) is 18.9. The van der Waals surface area contributed by atoms with Crippen LogP contribution in [0, 0.1) is 6.92 Å². The monoisotopic (exact) mass is 408 g/mol. The number of benzene rings is 1. The first-order valence-corrected chi connectivity index (χ1v) is 11.1. The average Bonchev–Trinajstić information content (AvgIpc) is 3.16. The van der Waals surface area contributed by atoms with E-state index in [0.29, 0.717) is 5.13 Å². The van der Waals surface area contributed by atoms with E-state index < -0.39 is 10.0 Å². The smallest absolute Gasteiger partial charge is 0.263 e. The first-order valence-electron chi connectivity index (χ1n) is 7.92. The molecule has 0 atom stereocenters. The molecule has 2 heterocycles. The standard InChI is InChI=1S/C17H20N4O2S3/c1-11-14(17(2,3)4)25-16(19-11)20-12-5-7-13(8-6-12)26(22,23)21-15-18-9-10-24-15/h5-10H,1-4H3,(H,18,21)(H,19,20). The molecular formula is C17H20N4O2S3. The third-order valence-electron chi connectivity index (χ3n) is 3.55. The lowest BCUT2D eigenvalue weighted by molar-refractivity contribution is 0.598. The lowest BCUT2D eigenvalue weighted by Crippen LogP contribution is -2.12. The number of aryl methyl sites for hydroxylation is 1. The Morgan fingerprint density at radius 1 is 1.08 bits per heavy atom.